The van der Waals surface area contributed by atoms with Gasteiger partial charge in [0.25, 0.3) is 0 Å². The molecule has 1 heterocycles. The Morgan fingerprint density at radius 2 is 2.12 bits per heavy atom. The number of likely N-dealkylation sites (N-methyl/N-ethyl adjacent to an activating group) is 1. The number of nitrogens with zero attached hydrogens (tertiary/aromatic N) is 1. The van der Waals surface area contributed by atoms with Gasteiger partial charge in [-0.1, -0.05) is 19.8 Å². The van der Waals surface area contributed by atoms with Crippen LogP contribution in [0.4, 0.5) is 0 Å². The quantitative estimate of drug-likeness (QED) is 0.765. The molecule has 98 valence electrons. The average molecular weight is 239 g/mol. The molecule has 0 bridgehead atoms. The zero-order chi connectivity index (χ0) is 12.3. The Kier molecular flexibility index (Phi) is 4.05. The number of carbonyl (C=O) groups is 1. The van der Waals surface area contributed by atoms with E-state index in [4.69, 9.17) is 5.73 Å². The number of nitrogens with two attached hydrogens (primary N) is 1. The summed E-state index contributed by atoms with van der Waals surface area (Å²) in [5, 5.41) is 3.07. The highest BCUT2D eigenvalue weighted by Gasteiger charge is 2.37. The van der Waals surface area contributed by atoms with Gasteiger partial charge in [-0.2, -0.15) is 0 Å². The minimum atomic E-state index is -0.574. The molecule has 2 rings (SSSR count). The van der Waals surface area contributed by atoms with Crippen LogP contribution in [-0.4, -0.2) is 42.0 Å². The largest absolute Gasteiger partial charge is 0.353 e. The van der Waals surface area contributed by atoms with Gasteiger partial charge in [0.1, 0.15) is 0 Å². The summed E-state index contributed by atoms with van der Waals surface area (Å²) in [7, 11) is 0. The lowest BCUT2D eigenvalue weighted by molar-refractivity contribution is -0.126. The summed E-state index contributed by atoms with van der Waals surface area (Å²) >= 11 is 0. The minimum Gasteiger partial charge on any atom is -0.353 e. The standard InChI is InChI=1S/C13H25N3O/c1-2-16-9-5-6-11(16)10-15-12(17)13(14)7-3-4-8-13/h11H,2-10,14H2,1H3,(H,15,17). The van der Waals surface area contributed by atoms with E-state index in [1.54, 1.807) is 0 Å². The van der Waals surface area contributed by atoms with E-state index in [-0.39, 0.29) is 5.91 Å². The molecule has 2 aliphatic rings. The third kappa shape index (κ3) is 2.80. The van der Waals surface area contributed by atoms with E-state index in [2.05, 4.69) is 17.1 Å². The summed E-state index contributed by atoms with van der Waals surface area (Å²) in [5.41, 5.74) is 5.56. The molecule has 0 aromatic rings. The van der Waals surface area contributed by atoms with Gasteiger partial charge in [-0.3, -0.25) is 9.69 Å². The fraction of sp³-hybridized carbons (Fsp3) is 0.923. The third-order valence-corrected chi connectivity index (χ3v) is 4.35. The topological polar surface area (TPSA) is 58.4 Å². The van der Waals surface area contributed by atoms with E-state index in [1.807, 2.05) is 0 Å². The number of rotatable bonds is 4. The van der Waals surface area contributed by atoms with Crippen LogP contribution < -0.4 is 11.1 Å². The molecule has 0 aromatic carbocycles. The van der Waals surface area contributed by atoms with Gasteiger partial charge < -0.3 is 11.1 Å². The van der Waals surface area contributed by atoms with Gasteiger partial charge in [0.2, 0.25) is 5.91 Å². The first-order valence-electron chi connectivity index (χ1n) is 6.97. The van der Waals surface area contributed by atoms with Crippen LogP contribution in [0.25, 0.3) is 0 Å². The zero-order valence-electron chi connectivity index (χ0n) is 10.9. The van der Waals surface area contributed by atoms with E-state index in [0.717, 1.165) is 38.8 Å². The lowest BCUT2D eigenvalue weighted by Gasteiger charge is -2.26. The third-order valence-electron chi connectivity index (χ3n) is 4.35. The van der Waals surface area contributed by atoms with Crippen LogP contribution in [0.15, 0.2) is 0 Å². The predicted octanol–water partition coefficient (Wildman–Crippen LogP) is 0.858. The van der Waals surface area contributed by atoms with Crippen LogP contribution in [0.1, 0.15) is 45.4 Å². The minimum absolute atomic E-state index is 0.0675. The van der Waals surface area contributed by atoms with Crippen LogP contribution in [0.3, 0.4) is 0 Å². The molecule has 17 heavy (non-hydrogen) atoms. The van der Waals surface area contributed by atoms with Gasteiger partial charge in [0, 0.05) is 12.6 Å². The summed E-state index contributed by atoms with van der Waals surface area (Å²) in [4.78, 5) is 14.5. The van der Waals surface area contributed by atoms with Crippen molar-refractivity contribution in [1.29, 1.82) is 0 Å². The van der Waals surface area contributed by atoms with Gasteiger partial charge in [-0.25, -0.2) is 0 Å². The maximum atomic E-state index is 12.1. The molecular weight excluding hydrogens is 214 g/mol. The summed E-state index contributed by atoms with van der Waals surface area (Å²) < 4.78 is 0. The predicted molar refractivity (Wildman–Crippen MR) is 68.7 cm³/mol. The highest BCUT2D eigenvalue weighted by Crippen LogP contribution is 2.27. The first-order valence-corrected chi connectivity index (χ1v) is 6.97. The van der Waals surface area contributed by atoms with E-state index in [1.165, 1.54) is 19.4 Å². The average Bonchev–Trinajstić information content (AvgIpc) is 2.95. The van der Waals surface area contributed by atoms with Crippen LogP contribution in [0.5, 0.6) is 0 Å². The highest BCUT2D eigenvalue weighted by molar-refractivity contribution is 5.86. The molecule has 1 saturated heterocycles. The van der Waals surface area contributed by atoms with Crippen LogP contribution in [-0.2, 0) is 4.79 Å². The first-order chi connectivity index (χ1) is 8.15. The van der Waals surface area contributed by atoms with E-state index >= 15 is 0 Å². The van der Waals surface area contributed by atoms with Crippen molar-refractivity contribution in [3.63, 3.8) is 0 Å². The molecule has 4 nitrogen and oxygen atoms in total. The number of nitrogens with one attached hydrogen (secondary N) is 1. The smallest absolute Gasteiger partial charge is 0.240 e. The molecule has 4 heteroatoms. The molecule has 0 radical (unpaired) electrons. The molecule has 0 aromatic heterocycles. The van der Waals surface area contributed by atoms with Crippen LogP contribution >= 0.6 is 0 Å². The lowest BCUT2D eigenvalue weighted by Crippen LogP contribution is -2.54. The fourth-order valence-corrected chi connectivity index (χ4v) is 3.16. The van der Waals surface area contributed by atoms with Crippen molar-refractivity contribution in [2.45, 2.75) is 57.0 Å². The monoisotopic (exact) mass is 239 g/mol. The molecular formula is C13H25N3O. The molecule has 1 aliphatic carbocycles. The van der Waals surface area contributed by atoms with Gasteiger partial charge in [-0.05, 0) is 38.8 Å². The Labute approximate surface area is 104 Å². The molecule has 3 N–H and O–H groups in total. The normalized spacial score (nSPS) is 28.5. The van der Waals surface area contributed by atoms with Gasteiger partial charge in [0.15, 0.2) is 0 Å². The Bertz CT molecular complexity index is 274. The van der Waals surface area contributed by atoms with Crippen molar-refractivity contribution in [3.8, 4) is 0 Å². The van der Waals surface area contributed by atoms with E-state index < -0.39 is 5.54 Å². The summed E-state index contributed by atoms with van der Waals surface area (Å²) in [6, 6.07) is 0.522. The van der Waals surface area contributed by atoms with Crippen molar-refractivity contribution >= 4 is 5.91 Å². The zero-order valence-corrected chi connectivity index (χ0v) is 10.9. The van der Waals surface area contributed by atoms with Crippen LogP contribution in [0, 0.1) is 0 Å². The number of carbonyl (C=O) groups excluding carboxylic acids is 1. The Morgan fingerprint density at radius 3 is 2.76 bits per heavy atom. The van der Waals surface area contributed by atoms with Crippen molar-refractivity contribution in [3.05, 3.63) is 0 Å². The Hall–Kier alpha value is -0.610. The maximum Gasteiger partial charge on any atom is 0.240 e. The van der Waals surface area contributed by atoms with Crippen molar-refractivity contribution in [2.24, 2.45) is 5.73 Å². The van der Waals surface area contributed by atoms with Crippen LogP contribution in [0.2, 0.25) is 0 Å². The van der Waals surface area contributed by atoms with E-state index in [0.29, 0.717) is 6.04 Å². The summed E-state index contributed by atoms with van der Waals surface area (Å²) in [5.74, 6) is 0.0675. The molecule has 1 aliphatic heterocycles. The van der Waals surface area contributed by atoms with Crippen molar-refractivity contribution in [1.82, 2.24) is 10.2 Å². The van der Waals surface area contributed by atoms with Gasteiger partial charge in [0.05, 0.1) is 5.54 Å². The second-order valence-corrected chi connectivity index (χ2v) is 5.50. The molecule has 1 unspecified atom stereocenters. The van der Waals surface area contributed by atoms with Gasteiger partial charge in [-0.15, -0.1) is 0 Å². The van der Waals surface area contributed by atoms with Crippen molar-refractivity contribution in [2.75, 3.05) is 19.6 Å². The number of amides is 1. The molecule has 1 amide bonds. The first kappa shape index (κ1) is 12.8. The lowest BCUT2D eigenvalue weighted by atomic mass is 9.98. The SMILES string of the molecule is CCN1CCCC1CNC(=O)C1(N)CCCC1. The van der Waals surface area contributed by atoms with Gasteiger partial charge >= 0.3 is 0 Å². The number of likely N-dealkylation sites (tertiary alicyclic amines) is 1. The van der Waals surface area contributed by atoms with Crippen molar-refractivity contribution < 1.29 is 4.79 Å². The second-order valence-electron chi connectivity index (χ2n) is 5.50. The molecule has 1 atom stereocenters. The fourth-order valence-electron chi connectivity index (χ4n) is 3.16. The van der Waals surface area contributed by atoms with E-state index in [9.17, 15) is 4.79 Å². The highest BCUT2D eigenvalue weighted by atomic mass is 16.2. The maximum absolute atomic E-state index is 12.1. The molecule has 2 fully saturated rings. The molecule has 0 spiro atoms. The molecule has 1 saturated carbocycles. The Morgan fingerprint density at radius 1 is 1.41 bits per heavy atom. The number of hydrogen-bond donors (Lipinski definition) is 2. The number of hydrogen-bond acceptors (Lipinski definition) is 3. The second kappa shape index (κ2) is 5.36. The summed E-state index contributed by atoms with van der Waals surface area (Å²) in [6.45, 7) is 5.20. The summed E-state index contributed by atoms with van der Waals surface area (Å²) in [6.07, 6.45) is 6.33. The Balaban J connectivity index is 1.79.